The normalized spacial score (nSPS) is 14.0. The van der Waals surface area contributed by atoms with Crippen LogP contribution in [0.4, 0.5) is 4.39 Å². The van der Waals surface area contributed by atoms with Crippen LogP contribution in [-0.4, -0.2) is 15.8 Å². The van der Waals surface area contributed by atoms with Crippen molar-refractivity contribution in [3.63, 3.8) is 0 Å². The molecule has 0 aliphatic rings. The average molecular weight is 348 g/mol. The van der Waals surface area contributed by atoms with Crippen LogP contribution in [0.5, 0.6) is 0 Å². The van der Waals surface area contributed by atoms with E-state index >= 15 is 0 Å². The quantitative estimate of drug-likeness (QED) is 0.644. The second-order valence-corrected chi connectivity index (χ2v) is 8.04. The fourth-order valence-corrected chi connectivity index (χ4v) is 2.42. The summed E-state index contributed by atoms with van der Waals surface area (Å²) in [6.45, 7) is 6.41. The van der Waals surface area contributed by atoms with E-state index in [-0.39, 0.29) is 10.6 Å². The molecule has 0 saturated heterocycles. The monoisotopic (exact) mass is 347 g/mol. The largest absolute Gasteiger partial charge is 0.598 e. The van der Waals surface area contributed by atoms with Crippen molar-refractivity contribution in [1.82, 2.24) is 4.72 Å². The van der Waals surface area contributed by atoms with E-state index in [9.17, 15) is 8.94 Å². The van der Waals surface area contributed by atoms with Crippen molar-refractivity contribution in [2.45, 2.75) is 31.9 Å². The van der Waals surface area contributed by atoms with Gasteiger partial charge in [-0.1, -0.05) is 28.1 Å². The van der Waals surface area contributed by atoms with Crippen LogP contribution in [0, 0.1) is 5.82 Å². The Morgan fingerprint density at radius 2 is 2.11 bits per heavy atom. The van der Waals surface area contributed by atoms with Gasteiger partial charge >= 0.3 is 0 Å². The maximum atomic E-state index is 13.1. The third kappa shape index (κ3) is 6.08. The molecule has 0 aliphatic carbocycles. The van der Waals surface area contributed by atoms with Crippen LogP contribution in [0.15, 0.2) is 28.7 Å². The molecule has 1 aromatic carbocycles. The van der Waals surface area contributed by atoms with E-state index in [4.69, 9.17) is 0 Å². The van der Waals surface area contributed by atoms with E-state index in [2.05, 4.69) is 20.7 Å². The van der Waals surface area contributed by atoms with Crippen LogP contribution < -0.4 is 4.72 Å². The van der Waals surface area contributed by atoms with E-state index in [0.29, 0.717) is 6.54 Å². The topological polar surface area (TPSA) is 35.1 Å². The van der Waals surface area contributed by atoms with Crippen molar-refractivity contribution in [1.29, 1.82) is 0 Å². The summed E-state index contributed by atoms with van der Waals surface area (Å²) in [6.07, 6.45) is 4.53. The van der Waals surface area contributed by atoms with Gasteiger partial charge in [-0.05, 0) is 51.0 Å². The summed E-state index contributed by atoms with van der Waals surface area (Å²) in [5.74, 6) is -0.255. The second kappa shape index (κ2) is 7.43. The molecule has 0 saturated carbocycles. The number of hydrogen-bond acceptors (Lipinski definition) is 2. The van der Waals surface area contributed by atoms with Crippen LogP contribution >= 0.6 is 15.9 Å². The molecular formula is C14H19BrFNOS. The predicted molar refractivity (Wildman–Crippen MR) is 83.6 cm³/mol. The third-order valence-corrected chi connectivity index (χ3v) is 4.66. The van der Waals surface area contributed by atoms with Crippen LogP contribution in [0.3, 0.4) is 0 Å². The lowest BCUT2D eigenvalue weighted by Crippen LogP contribution is -2.39. The van der Waals surface area contributed by atoms with Crippen molar-refractivity contribution >= 4 is 33.4 Å². The fraction of sp³-hybridized carbons (Fsp3) is 0.429. The number of rotatable bonds is 5. The number of benzene rings is 1. The molecule has 1 atom stereocenters. The Kier molecular flexibility index (Phi) is 6.53. The first-order valence-corrected chi connectivity index (χ1v) is 8.02. The average Bonchev–Trinajstić information content (AvgIpc) is 2.31. The van der Waals surface area contributed by atoms with Gasteiger partial charge in [-0.15, -0.1) is 4.72 Å². The molecule has 19 heavy (non-hydrogen) atoms. The first-order valence-electron chi connectivity index (χ1n) is 6.07. The van der Waals surface area contributed by atoms with Crippen molar-refractivity contribution in [3.8, 4) is 0 Å². The van der Waals surface area contributed by atoms with Crippen LogP contribution in [0.1, 0.15) is 32.8 Å². The molecule has 0 fully saturated rings. The minimum atomic E-state index is -1.05. The Balaban J connectivity index is 2.41. The molecule has 106 valence electrons. The van der Waals surface area contributed by atoms with E-state index in [1.54, 1.807) is 6.07 Å². The maximum Gasteiger partial charge on any atom is 0.136 e. The van der Waals surface area contributed by atoms with Crippen molar-refractivity contribution in [2.24, 2.45) is 0 Å². The Labute approximate surface area is 125 Å². The molecule has 5 heteroatoms. The lowest BCUT2D eigenvalue weighted by atomic mass is 10.2. The SMILES string of the molecule is CC(C)(C)[S+]([O-])NCCC=Cc1cc(F)ccc1Br. The predicted octanol–water partition coefficient (Wildman–Crippen LogP) is 4.04. The summed E-state index contributed by atoms with van der Waals surface area (Å²) in [6, 6.07) is 4.57. The zero-order valence-corrected chi connectivity index (χ0v) is 13.8. The van der Waals surface area contributed by atoms with Gasteiger partial charge in [0.05, 0.1) is 0 Å². The van der Waals surface area contributed by atoms with Gasteiger partial charge in [-0.25, -0.2) is 4.39 Å². The van der Waals surface area contributed by atoms with Gasteiger partial charge < -0.3 is 4.55 Å². The summed E-state index contributed by atoms with van der Waals surface area (Å²) in [7, 11) is 0. The highest BCUT2D eigenvalue weighted by molar-refractivity contribution is 9.10. The standard InChI is InChI=1S/C14H19BrFNOS/c1-14(2,3)19(18)17-9-5-4-6-11-10-12(16)7-8-13(11)15/h4,6-8,10,17H,5,9H2,1-3H3. The highest BCUT2D eigenvalue weighted by atomic mass is 79.9. The smallest absolute Gasteiger partial charge is 0.136 e. The molecule has 0 amide bonds. The molecule has 2 nitrogen and oxygen atoms in total. The molecule has 0 radical (unpaired) electrons. The summed E-state index contributed by atoms with van der Waals surface area (Å²) >= 11 is 2.32. The molecular weight excluding hydrogens is 329 g/mol. The zero-order valence-electron chi connectivity index (χ0n) is 11.4. The molecule has 0 aromatic heterocycles. The van der Waals surface area contributed by atoms with Crippen molar-refractivity contribution in [2.75, 3.05) is 6.54 Å². The van der Waals surface area contributed by atoms with Gasteiger partial charge in [0.2, 0.25) is 0 Å². The highest BCUT2D eigenvalue weighted by Gasteiger charge is 2.25. The Bertz CT molecular complexity index is 446. The number of nitrogens with one attached hydrogen (secondary N) is 1. The van der Waals surface area contributed by atoms with Gasteiger partial charge in [-0.2, -0.15) is 0 Å². The lowest BCUT2D eigenvalue weighted by molar-refractivity contribution is 0.545. The van der Waals surface area contributed by atoms with Gasteiger partial charge in [-0.3, -0.25) is 0 Å². The van der Waals surface area contributed by atoms with Crippen LogP contribution in [0.25, 0.3) is 6.08 Å². The van der Waals surface area contributed by atoms with Crippen LogP contribution in [-0.2, 0) is 11.4 Å². The molecule has 1 N–H and O–H groups in total. The highest BCUT2D eigenvalue weighted by Crippen LogP contribution is 2.19. The van der Waals surface area contributed by atoms with Gasteiger partial charge in [0.1, 0.15) is 10.6 Å². The summed E-state index contributed by atoms with van der Waals surface area (Å²) < 4.78 is 28.3. The zero-order chi connectivity index (χ0) is 14.5. The summed E-state index contributed by atoms with van der Waals surface area (Å²) in [5.41, 5.74) is 0.803. The number of hydrogen-bond donors (Lipinski definition) is 1. The Morgan fingerprint density at radius 1 is 1.42 bits per heavy atom. The van der Waals surface area contributed by atoms with Crippen LogP contribution in [0.2, 0.25) is 0 Å². The van der Waals surface area contributed by atoms with E-state index in [1.807, 2.05) is 32.9 Å². The minimum Gasteiger partial charge on any atom is -0.598 e. The molecule has 0 aliphatic heterocycles. The van der Waals surface area contributed by atoms with Gasteiger partial charge in [0.25, 0.3) is 0 Å². The number of halogens is 2. The third-order valence-electron chi connectivity index (χ3n) is 2.36. The van der Waals surface area contributed by atoms with Crippen molar-refractivity contribution < 1.29 is 8.94 Å². The summed E-state index contributed by atoms with van der Waals surface area (Å²) in [5, 5.41) is 0. The first-order chi connectivity index (χ1) is 8.80. The molecule has 0 bridgehead atoms. The molecule has 0 heterocycles. The second-order valence-electron chi connectivity index (χ2n) is 5.13. The van der Waals surface area contributed by atoms with E-state index in [1.165, 1.54) is 12.1 Å². The maximum absolute atomic E-state index is 13.1. The molecule has 1 rings (SSSR count). The van der Waals surface area contributed by atoms with E-state index < -0.39 is 11.4 Å². The fourth-order valence-electron chi connectivity index (χ4n) is 1.30. The Morgan fingerprint density at radius 3 is 2.74 bits per heavy atom. The van der Waals surface area contributed by atoms with Crippen molar-refractivity contribution in [3.05, 3.63) is 40.1 Å². The molecule has 0 spiro atoms. The van der Waals surface area contributed by atoms with Gasteiger partial charge in [0.15, 0.2) is 0 Å². The molecule has 1 aromatic rings. The summed E-state index contributed by atoms with van der Waals surface area (Å²) in [4.78, 5) is 0. The lowest BCUT2D eigenvalue weighted by Gasteiger charge is -2.23. The van der Waals surface area contributed by atoms with Gasteiger partial charge in [0, 0.05) is 22.4 Å². The molecule has 1 unspecified atom stereocenters. The first kappa shape index (κ1) is 16.7. The minimum absolute atomic E-state index is 0.255. The Hall–Kier alpha value is -0.360. The van der Waals surface area contributed by atoms with E-state index in [0.717, 1.165) is 16.5 Å².